The largest absolute Gasteiger partial charge is 0.416 e. The molecule has 3 atom stereocenters. The summed E-state index contributed by atoms with van der Waals surface area (Å²) in [6.07, 6.45) is -1.79. The second-order valence-corrected chi connectivity index (χ2v) is 6.36. The molecule has 0 radical (unpaired) electrons. The Morgan fingerprint density at radius 3 is 2.83 bits per heavy atom. The first-order chi connectivity index (χ1) is 10.9. The lowest BCUT2D eigenvalue weighted by Gasteiger charge is -2.32. The Morgan fingerprint density at radius 1 is 1.35 bits per heavy atom. The van der Waals surface area contributed by atoms with Crippen LogP contribution in [0.4, 0.5) is 13.2 Å². The van der Waals surface area contributed by atoms with Gasteiger partial charge in [-0.25, -0.2) is 0 Å². The second-order valence-electron chi connectivity index (χ2n) is 6.36. The molecule has 1 saturated heterocycles. The molecule has 0 unspecified atom stereocenters. The number of rotatable bonds is 3. The number of methoxy groups -OCH3 is 1. The predicted molar refractivity (Wildman–Crippen MR) is 78.9 cm³/mol. The Balaban J connectivity index is 1.66. The Morgan fingerprint density at radius 2 is 2.13 bits per heavy atom. The molecule has 0 bridgehead atoms. The van der Waals surface area contributed by atoms with Crippen LogP contribution in [0.1, 0.15) is 36.3 Å². The fourth-order valence-electron chi connectivity index (χ4n) is 3.35. The molecule has 2 fully saturated rings. The van der Waals surface area contributed by atoms with Crippen molar-refractivity contribution in [3.63, 3.8) is 0 Å². The first-order valence-electron chi connectivity index (χ1n) is 7.89. The van der Waals surface area contributed by atoms with Crippen molar-refractivity contribution in [2.45, 2.75) is 37.5 Å². The average molecular weight is 327 g/mol. The summed E-state index contributed by atoms with van der Waals surface area (Å²) < 4.78 is 43.7. The van der Waals surface area contributed by atoms with Gasteiger partial charge in [0.2, 0.25) is 5.91 Å². The van der Waals surface area contributed by atoms with Crippen molar-refractivity contribution in [1.29, 1.82) is 0 Å². The van der Waals surface area contributed by atoms with E-state index in [2.05, 4.69) is 0 Å². The summed E-state index contributed by atoms with van der Waals surface area (Å²) in [5.41, 5.74) is -0.0380. The standard InChI is InChI=1S/C17H20F3NO2/c1-23-13-6-3-7-21(10-13)16(22)15-9-14(15)11-4-2-5-12(8-11)17(18,19)20/h2,4-5,8,13-15H,3,6-7,9-10H2,1H3/t13-,14-,15+/m1/s1. The number of carbonyl (C=O) groups is 1. The van der Waals surface area contributed by atoms with Gasteiger partial charge in [-0.15, -0.1) is 0 Å². The number of ether oxygens (including phenoxy) is 1. The molecule has 0 aromatic heterocycles. The zero-order chi connectivity index (χ0) is 16.6. The van der Waals surface area contributed by atoms with Crippen molar-refractivity contribution < 1.29 is 22.7 Å². The van der Waals surface area contributed by atoms with Crippen molar-refractivity contribution in [2.24, 2.45) is 5.92 Å². The van der Waals surface area contributed by atoms with E-state index in [0.717, 1.165) is 18.9 Å². The molecule has 3 rings (SSSR count). The predicted octanol–water partition coefficient (Wildman–Crippen LogP) is 3.45. The third-order valence-electron chi connectivity index (χ3n) is 4.77. The number of hydrogen-bond acceptors (Lipinski definition) is 2. The minimum Gasteiger partial charge on any atom is -0.380 e. The molecule has 1 aromatic rings. The van der Waals surface area contributed by atoms with Crippen LogP contribution in [0.5, 0.6) is 0 Å². The molecule has 1 aromatic carbocycles. The van der Waals surface area contributed by atoms with Crippen molar-refractivity contribution in [2.75, 3.05) is 20.2 Å². The molecule has 2 aliphatic rings. The minimum atomic E-state index is -4.34. The van der Waals surface area contributed by atoms with Gasteiger partial charge >= 0.3 is 6.18 Å². The summed E-state index contributed by atoms with van der Waals surface area (Å²) in [5, 5.41) is 0. The van der Waals surface area contributed by atoms with E-state index < -0.39 is 11.7 Å². The number of alkyl halides is 3. The van der Waals surface area contributed by atoms with Gasteiger partial charge in [0.1, 0.15) is 0 Å². The maximum Gasteiger partial charge on any atom is 0.416 e. The molecule has 1 heterocycles. The molecule has 0 spiro atoms. The van der Waals surface area contributed by atoms with Gasteiger partial charge in [-0.1, -0.05) is 18.2 Å². The summed E-state index contributed by atoms with van der Waals surface area (Å²) in [6, 6.07) is 5.34. The lowest BCUT2D eigenvalue weighted by molar-refractivity contribution is -0.137. The molecular formula is C17H20F3NO2. The van der Waals surface area contributed by atoms with Gasteiger partial charge in [0.05, 0.1) is 11.7 Å². The SMILES string of the molecule is CO[C@@H]1CCCN(C(=O)[C@H]2C[C@@H]2c2cccc(C(F)(F)F)c2)C1. The molecule has 23 heavy (non-hydrogen) atoms. The number of nitrogens with zero attached hydrogens (tertiary/aromatic N) is 1. The van der Waals surface area contributed by atoms with Crippen molar-refractivity contribution in [3.8, 4) is 0 Å². The highest BCUT2D eigenvalue weighted by Gasteiger charge is 2.46. The summed E-state index contributed by atoms with van der Waals surface area (Å²) in [5.74, 6) is -0.226. The number of amides is 1. The zero-order valence-corrected chi connectivity index (χ0v) is 13.0. The minimum absolute atomic E-state index is 0.0501. The molecule has 1 amide bonds. The number of benzene rings is 1. The van der Waals surface area contributed by atoms with Crippen molar-refractivity contribution in [3.05, 3.63) is 35.4 Å². The molecule has 1 saturated carbocycles. The van der Waals surface area contributed by atoms with Crippen molar-refractivity contribution >= 4 is 5.91 Å². The van der Waals surface area contributed by atoms with Gasteiger partial charge in [-0.2, -0.15) is 13.2 Å². The van der Waals surface area contributed by atoms with E-state index in [1.165, 1.54) is 12.1 Å². The molecule has 6 heteroatoms. The number of carbonyl (C=O) groups excluding carboxylic acids is 1. The summed E-state index contributed by atoms with van der Waals surface area (Å²) in [6.45, 7) is 1.30. The third-order valence-corrected chi connectivity index (χ3v) is 4.77. The molecule has 3 nitrogen and oxygen atoms in total. The van der Waals surface area contributed by atoms with Gasteiger partial charge in [0, 0.05) is 26.1 Å². The molecule has 126 valence electrons. The second kappa shape index (κ2) is 6.15. The first kappa shape index (κ1) is 16.3. The van der Waals surface area contributed by atoms with E-state index in [1.54, 1.807) is 18.1 Å². The lowest BCUT2D eigenvalue weighted by atomic mass is 10.0. The highest BCUT2D eigenvalue weighted by atomic mass is 19.4. The first-order valence-corrected chi connectivity index (χ1v) is 7.89. The number of piperidine rings is 1. The van der Waals surface area contributed by atoms with Crippen molar-refractivity contribution in [1.82, 2.24) is 4.90 Å². The smallest absolute Gasteiger partial charge is 0.380 e. The Kier molecular flexibility index (Phi) is 4.36. The van der Waals surface area contributed by atoms with E-state index in [-0.39, 0.29) is 23.8 Å². The van der Waals surface area contributed by atoms with Crippen LogP contribution >= 0.6 is 0 Å². The number of halogens is 3. The highest BCUT2D eigenvalue weighted by Crippen LogP contribution is 2.49. The zero-order valence-electron chi connectivity index (χ0n) is 13.0. The molecule has 1 aliphatic carbocycles. The van der Waals surface area contributed by atoms with Gasteiger partial charge in [0.25, 0.3) is 0 Å². The highest BCUT2D eigenvalue weighted by molar-refractivity contribution is 5.83. The van der Waals surface area contributed by atoms with E-state index in [0.29, 0.717) is 25.1 Å². The maximum atomic E-state index is 12.8. The molecular weight excluding hydrogens is 307 g/mol. The summed E-state index contributed by atoms with van der Waals surface area (Å²) >= 11 is 0. The lowest BCUT2D eigenvalue weighted by Crippen LogP contribution is -2.43. The van der Waals surface area contributed by atoms with Crippen LogP contribution in [0.15, 0.2) is 24.3 Å². The van der Waals surface area contributed by atoms with E-state index in [4.69, 9.17) is 4.74 Å². The summed E-state index contributed by atoms with van der Waals surface area (Å²) in [4.78, 5) is 14.3. The summed E-state index contributed by atoms with van der Waals surface area (Å²) in [7, 11) is 1.64. The average Bonchev–Trinajstić information content (AvgIpc) is 3.34. The van der Waals surface area contributed by atoms with Crippen LogP contribution in [0.25, 0.3) is 0 Å². The monoisotopic (exact) mass is 327 g/mol. The van der Waals surface area contributed by atoms with Crippen LogP contribution in [-0.4, -0.2) is 37.1 Å². The Labute approximate surface area is 133 Å². The van der Waals surface area contributed by atoms with E-state index in [1.807, 2.05) is 0 Å². The van der Waals surface area contributed by atoms with Gasteiger partial charge in [-0.3, -0.25) is 4.79 Å². The maximum absolute atomic E-state index is 12.8. The van der Waals surface area contributed by atoms with Gasteiger partial charge < -0.3 is 9.64 Å². The topological polar surface area (TPSA) is 29.5 Å². The van der Waals surface area contributed by atoms with Gasteiger partial charge in [-0.05, 0) is 36.8 Å². The van der Waals surface area contributed by atoms with Gasteiger partial charge in [0.15, 0.2) is 0 Å². The quantitative estimate of drug-likeness (QED) is 0.851. The molecule has 1 aliphatic heterocycles. The van der Waals surface area contributed by atoms with Crippen LogP contribution < -0.4 is 0 Å². The Bertz CT molecular complexity index is 587. The fourth-order valence-corrected chi connectivity index (χ4v) is 3.35. The number of hydrogen-bond donors (Lipinski definition) is 0. The van der Waals surface area contributed by atoms with Crippen LogP contribution in [-0.2, 0) is 15.7 Å². The normalized spacial score (nSPS) is 27.8. The van der Waals surface area contributed by atoms with Crippen LogP contribution in [0.3, 0.4) is 0 Å². The van der Waals surface area contributed by atoms with E-state index in [9.17, 15) is 18.0 Å². The molecule has 0 N–H and O–H groups in total. The fraction of sp³-hybridized carbons (Fsp3) is 0.588. The van der Waals surface area contributed by atoms with Crippen LogP contribution in [0, 0.1) is 5.92 Å². The number of likely N-dealkylation sites (tertiary alicyclic amines) is 1. The van der Waals surface area contributed by atoms with Crippen LogP contribution in [0.2, 0.25) is 0 Å². The van der Waals surface area contributed by atoms with E-state index >= 15 is 0 Å². The Hall–Kier alpha value is -1.56. The third kappa shape index (κ3) is 3.52.